The van der Waals surface area contributed by atoms with Crippen molar-refractivity contribution in [2.24, 2.45) is 0 Å². The summed E-state index contributed by atoms with van der Waals surface area (Å²) in [5, 5.41) is 3.68. The van der Waals surface area contributed by atoms with Crippen molar-refractivity contribution >= 4 is 28.1 Å². The highest BCUT2D eigenvalue weighted by molar-refractivity contribution is 6.05. The third-order valence-corrected chi connectivity index (χ3v) is 5.18. The minimum absolute atomic E-state index is 0.263. The molecule has 3 aromatic carbocycles. The molecule has 0 aliphatic carbocycles. The first-order valence-corrected chi connectivity index (χ1v) is 9.97. The van der Waals surface area contributed by atoms with E-state index in [0.717, 1.165) is 27.6 Å². The standard InChI is InChI=1S/C26H22FNO4/c1-16(12-26(29)28-19-8-10-20(30-2)11-9-19)21-13-22-23(17-4-6-18(27)7-5-17)15-32-25(22)14-24(21)31-3/h4-15H,1-3H3,(H,28,29)/b16-12+. The van der Waals surface area contributed by atoms with Gasteiger partial charge in [0.2, 0.25) is 5.91 Å². The molecule has 0 radical (unpaired) electrons. The van der Waals surface area contributed by atoms with Crippen LogP contribution >= 0.6 is 0 Å². The Hall–Kier alpha value is -4.06. The molecule has 32 heavy (non-hydrogen) atoms. The van der Waals surface area contributed by atoms with Gasteiger partial charge in [0.25, 0.3) is 0 Å². The fourth-order valence-corrected chi connectivity index (χ4v) is 3.51. The number of hydrogen-bond acceptors (Lipinski definition) is 4. The Labute approximate surface area is 185 Å². The lowest BCUT2D eigenvalue weighted by Crippen LogP contribution is -2.08. The summed E-state index contributed by atoms with van der Waals surface area (Å²) < 4.78 is 29.7. The van der Waals surface area contributed by atoms with Crippen LogP contribution in [0.25, 0.3) is 27.7 Å². The van der Waals surface area contributed by atoms with Crippen LogP contribution in [0.15, 0.2) is 77.4 Å². The van der Waals surface area contributed by atoms with Gasteiger partial charge in [0.15, 0.2) is 0 Å². The quantitative estimate of drug-likeness (QED) is 0.364. The molecule has 162 valence electrons. The third kappa shape index (κ3) is 4.34. The summed E-state index contributed by atoms with van der Waals surface area (Å²) in [7, 11) is 3.16. The lowest BCUT2D eigenvalue weighted by molar-refractivity contribution is -0.111. The Kier molecular flexibility index (Phi) is 5.94. The van der Waals surface area contributed by atoms with E-state index in [1.54, 1.807) is 62.9 Å². The normalized spacial score (nSPS) is 11.4. The van der Waals surface area contributed by atoms with E-state index in [-0.39, 0.29) is 11.7 Å². The highest BCUT2D eigenvalue weighted by Crippen LogP contribution is 2.37. The lowest BCUT2D eigenvalue weighted by Gasteiger charge is -2.10. The van der Waals surface area contributed by atoms with E-state index in [9.17, 15) is 9.18 Å². The molecule has 0 atom stereocenters. The maximum Gasteiger partial charge on any atom is 0.248 e. The summed E-state index contributed by atoms with van der Waals surface area (Å²) in [5.41, 5.74) is 4.45. The van der Waals surface area contributed by atoms with Crippen LogP contribution in [-0.4, -0.2) is 20.1 Å². The van der Waals surface area contributed by atoms with Crippen molar-refractivity contribution in [3.63, 3.8) is 0 Å². The average molecular weight is 431 g/mol. The van der Waals surface area contributed by atoms with Gasteiger partial charge < -0.3 is 19.2 Å². The van der Waals surface area contributed by atoms with Gasteiger partial charge in [0.1, 0.15) is 22.9 Å². The molecule has 1 aromatic heterocycles. The number of halogens is 1. The Morgan fingerprint density at radius 3 is 2.38 bits per heavy atom. The number of methoxy groups -OCH3 is 2. The molecule has 0 saturated heterocycles. The van der Waals surface area contributed by atoms with Gasteiger partial charge in [-0.05, 0) is 60.5 Å². The van der Waals surface area contributed by atoms with Crippen molar-refractivity contribution < 1.29 is 23.1 Å². The van der Waals surface area contributed by atoms with E-state index < -0.39 is 0 Å². The van der Waals surface area contributed by atoms with Crippen LogP contribution in [0.4, 0.5) is 10.1 Å². The molecule has 1 heterocycles. The third-order valence-electron chi connectivity index (χ3n) is 5.18. The fraction of sp³-hybridized carbons (Fsp3) is 0.115. The van der Waals surface area contributed by atoms with Crippen molar-refractivity contribution in [3.05, 3.63) is 84.4 Å². The molecular weight excluding hydrogens is 409 g/mol. The Balaban J connectivity index is 1.67. The number of anilines is 1. The molecule has 0 bridgehead atoms. The first kappa shape index (κ1) is 21.2. The number of nitrogens with one attached hydrogen (secondary N) is 1. The SMILES string of the molecule is COc1ccc(NC(=O)/C=C(\C)c2cc3c(-c4ccc(F)cc4)coc3cc2OC)cc1. The van der Waals surface area contributed by atoms with Gasteiger partial charge in [-0.2, -0.15) is 0 Å². The Morgan fingerprint density at radius 1 is 1.00 bits per heavy atom. The second kappa shape index (κ2) is 8.98. The lowest BCUT2D eigenvalue weighted by atomic mass is 9.99. The van der Waals surface area contributed by atoms with Crippen LogP contribution < -0.4 is 14.8 Å². The molecule has 1 N–H and O–H groups in total. The number of fused-ring (bicyclic) bond motifs is 1. The smallest absolute Gasteiger partial charge is 0.248 e. The number of carbonyl (C=O) groups is 1. The first-order valence-electron chi connectivity index (χ1n) is 9.97. The molecule has 0 fully saturated rings. The summed E-state index contributed by atoms with van der Waals surface area (Å²) in [5.74, 6) is 0.736. The number of carbonyl (C=O) groups excluding carboxylic acids is 1. The molecule has 5 nitrogen and oxygen atoms in total. The largest absolute Gasteiger partial charge is 0.497 e. The average Bonchev–Trinajstić information content (AvgIpc) is 3.22. The van der Waals surface area contributed by atoms with E-state index >= 15 is 0 Å². The van der Waals surface area contributed by atoms with Crippen molar-refractivity contribution in [1.29, 1.82) is 0 Å². The first-order chi connectivity index (χ1) is 15.5. The van der Waals surface area contributed by atoms with E-state index in [1.807, 2.05) is 13.0 Å². The molecule has 0 unspecified atom stereocenters. The van der Waals surface area contributed by atoms with Crippen molar-refractivity contribution in [2.75, 3.05) is 19.5 Å². The Bertz CT molecular complexity index is 1290. The molecular formula is C26H22FNO4. The van der Waals surface area contributed by atoms with E-state index in [4.69, 9.17) is 13.9 Å². The van der Waals surface area contributed by atoms with Crippen LogP contribution in [0.3, 0.4) is 0 Å². The zero-order chi connectivity index (χ0) is 22.7. The Morgan fingerprint density at radius 2 is 1.72 bits per heavy atom. The van der Waals surface area contributed by atoms with E-state index in [0.29, 0.717) is 22.8 Å². The predicted molar refractivity (Wildman–Crippen MR) is 123 cm³/mol. The highest BCUT2D eigenvalue weighted by Gasteiger charge is 2.15. The molecule has 0 aliphatic rings. The molecule has 1 amide bonds. The second-order valence-corrected chi connectivity index (χ2v) is 7.25. The van der Waals surface area contributed by atoms with Gasteiger partial charge in [-0.15, -0.1) is 0 Å². The number of hydrogen-bond donors (Lipinski definition) is 1. The maximum atomic E-state index is 13.3. The van der Waals surface area contributed by atoms with Gasteiger partial charge in [-0.3, -0.25) is 4.79 Å². The fourth-order valence-electron chi connectivity index (χ4n) is 3.51. The van der Waals surface area contributed by atoms with Gasteiger partial charge in [-0.25, -0.2) is 4.39 Å². The van der Waals surface area contributed by atoms with E-state index in [2.05, 4.69) is 5.32 Å². The second-order valence-electron chi connectivity index (χ2n) is 7.25. The number of ether oxygens (including phenoxy) is 2. The number of amides is 1. The molecule has 6 heteroatoms. The van der Waals surface area contributed by atoms with Crippen molar-refractivity contribution in [2.45, 2.75) is 6.92 Å². The minimum atomic E-state index is -0.300. The topological polar surface area (TPSA) is 60.7 Å². The summed E-state index contributed by atoms with van der Waals surface area (Å²) in [4.78, 5) is 12.6. The van der Waals surface area contributed by atoms with Crippen LogP contribution in [0.2, 0.25) is 0 Å². The van der Waals surface area contributed by atoms with Crippen molar-refractivity contribution in [3.8, 4) is 22.6 Å². The van der Waals surface area contributed by atoms with Crippen LogP contribution in [-0.2, 0) is 4.79 Å². The van der Waals surface area contributed by atoms with Gasteiger partial charge in [0, 0.05) is 34.3 Å². The summed E-state index contributed by atoms with van der Waals surface area (Å²) in [6.07, 6.45) is 3.15. The summed E-state index contributed by atoms with van der Waals surface area (Å²) in [6, 6.07) is 17.0. The van der Waals surface area contributed by atoms with Gasteiger partial charge in [-0.1, -0.05) is 12.1 Å². The molecule has 0 aliphatic heterocycles. The zero-order valence-electron chi connectivity index (χ0n) is 17.9. The molecule has 4 aromatic rings. The van der Waals surface area contributed by atoms with Crippen LogP contribution in [0.5, 0.6) is 11.5 Å². The number of benzene rings is 3. The number of allylic oxidation sites excluding steroid dienone is 1. The monoisotopic (exact) mass is 431 g/mol. The molecule has 0 saturated carbocycles. The number of rotatable bonds is 6. The maximum absolute atomic E-state index is 13.3. The number of furan rings is 1. The summed E-state index contributed by atoms with van der Waals surface area (Å²) in [6.45, 7) is 1.84. The van der Waals surface area contributed by atoms with Gasteiger partial charge in [0.05, 0.1) is 20.5 Å². The van der Waals surface area contributed by atoms with Gasteiger partial charge >= 0.3 is 0 Å². The van der Waals surface area contributed by atoms with Crippen molar-refractivity contribution in [1.82, 2.24) is 0 Å². The van der Waals surface area contributed by atoms with Crippen LogP contribution in [0, 0.1) is 5.82 Å². The molecule has 4 rings (SSSR count). The van der Waals surface area contributed by atoms with E-state index in [1.165, 1.54) is 18.2 Å². The predicted octanol–water partition coefficient (Wildman–Crippen LogP) is 6.30. The highest BCUT2D eigenvalue weighted by atomic mass is 19.1. The minimum Gasteiger partial charge on any atom is -0.497 e. The summed E-state index contributed by atoms with van der Waals surface area (Å²) >= 11 is 0. The van der Waals surface area contributed by atoms with Crippen LogP contribution in [0.1, 0.15) is 12.5 Å². The molecule has 0 spiro atoms. The zero-order valence-corrected chi connectivity index (χ0v) is 17.9.